The lowest BCUT2D eigenvalue weighted by Crippen LogP contribution is -2.24. The molecule has 1 atom stereocenters. The van der Waals surface area contributed by atoms with Crippen molar-refractivity contribution in [3.8, 4) is 0 Å². The van der Waals surface area contributed by atoms with Crippen molar-refractivity contribution in [1.29, 1.82) is 0 Å². The highest BCUT2D eigenvalue weighted by atomic mass is 79.9. The van der Waals surface area contributed by atoms with E-state index in [-0.39, 0.29) is 47.4 Å². The molecule has 0 bridgehead atoms. The van der Waals surface area contributed by atoms with Gasteiger partial charge in [0.2, 0.25) is 11.8 Å². The molecule has 4 rings (SSSR count). The van der Waals surface area contributed by atoms with Crippen molar-refractivity contribution in [1.82, 2.24) is 10.2 Å². The van der Waals surface area contributed by atoms with Crippen LogP contribution in [-0.2, 0) is 14.6 Å². The average molecular weight is 495 g/mol. The van der Waals surface area contributed by atoms with Crippen LogP contribution in [0.3, 0.4) is 0 Å². The van der Waals surface area contributed by atoms with E-state index in [0.29, 0.717) is 10.4 Å². The van der Waals surface area contributed by atoms with Crippen molar-refractivity contribution in [3.05, 3.63) is 52.7 Å². The number of aromatic nitrogens is 2. The quantitative estimate of drug-likeness (QED) is 0.571. The number of nitrogens with zero attached hydrogens (tertiary/aromatic N) is 3. The van der Waals surface area contributed by atoms with Gasteiger partial charge in [-0.15, -0.1) is 5.10 Å². The molecule has 0 aliphatic carbocycles. The highest BCUT2D eigenvalue weighted by Crippen LogP contribution is 2.32. The molecule has 0 radical (unpaired) electrons. The van der Waals surface area contributed by atoms with Gasteiger partial charge in [-0.3, -0.25) is 14.9 Å². The van der Waals surface area contributed by atoms with Crippen LogP contribution < -0.4 is 10.2 Å². The van der Waals surface area contributed by atoms with Gasteiger partial charge in [-0.25, -0.2) is 8.42 Å². The van der Waals surface area contributed by atoms with Crippen LogP contribution in [0.15, 0.2) is 54.8 Å². The van der Waals surface area contributed by atoms with Crippen molar-refractivity contribution < 1.29 is 26.8 Å². The van der Waals surface area contributed by atoms with Gasteiger partial charge < -0.3 is 13.7 Å². The molecule has 10 nitrogen and oxygen atoms in total. The van der Waals surface area contributed by atoms with Gasteiger partial charge >= 0.3 is 6.01 Å². The van der Waals surface area contributed by atoms with E-state index in [9.17, 15) is 18.0 Å². The fourth-order valence-electron chi connectivity index (χ4n) is 3.04. The minimum atomic E-state index is -3.32. The summed E-state index contributed by atoms with van der Waals surface area (Å²) in [5.41, 5.74) is 0.575. The standard InChI is InChI=1S/C18H15BrN4O6S/c1-30(26,27)12-4-2-11(3-5-12)23-9-10(8-15(23)24)17-21-22-18(29-17)20-16(25)13-6-7-14(19)28-13/h2-7,10H,8-9H2,1H3,(H,20,22,25). The minimum Gasteiger partial charge on any atom is -0.444 e. The van der Waals surface area contributed by atoms with Crippen LogP contribution in [0.25, 0.3) is 0 Å². The van der Waals surface area contributed by atoms with Crippen LogP contribution in [0.5, 0.6) is 0 Å². The molecule has 2 aromatic heterocycles. The molecule has 1 saturated heterocycles. The topological polar surface area (TPSA) is 136 Å². The third kappa shape index (κ3) is 4.14. The molecule has 1 unspecified atom stereocenters. The summed E-state index contributed by atoms with van der Waals surface area (Å²) >= 11 is 3.11. The molecule has 156 valence electrons. The maximum absolute atomic E-state index is 12.4. The molecule has 1 aliphatic rings. The number of furan rings is 1. The van der Waals surface area contributed by atoms with E-state index in [2.05, 4.69) is 31.4 Å². The first kappa shape index (κ1) is 20.3. The molecule has 3 aromatic rings. The first-order valence-corrected chi connectivity index (χ1v) is 11.4. The molecule has 1 aliphatic heterocycles. The zero-order chi connectivity index (χ0) is 21.5. The van der Waals surface area contributed by atoms with Gasteiger partial charge in [0.1, 0.15) is 0 Å². The number of carbonyl (C=O) groups excluding carboxylic acids is 2. The molecular weight excluding hydrogens is 480 g/mol. The Balaban J connectivity index is 1.45. The van der Waals surface area contributed by atoms with Gasteiger partial charge in [-0.1, -0.05) is 5.10 Å². The number of nitrogens with one attached hydrogen (secondary N) is 1. The highest BCUT2D eigenvalue weighted by molar-refractivity contribution is 9.10. The van der Waals surface area contributed by atoms with Crippen LogP contribution in [0.4, 0.5) is 11.7 Å². The van der Waals surface area contributed by atoms with Crippen LogP contribution in [0.1, 0.15) is 28.8 Å². The maximum Gasteiger partial charge on any atom is 0.322 e. The predicted molar refractivity (Wildman–Crippen MR) is 108 cm³/mol. The third-order valence-electron chi connectivity index (χ3n) is 4.51. The van der Waals surface area contributed by atoms with E-state index < -0.39 is 15.7 Å². The molecule has 0 saturated carbocycles. The summed E-state index contributed by atoms with van der Waals surface area (Å²) in [4.78, 5) is 26.2. The number of sulfone groups is 1. The second kappa shape index (κ2) is 7.69. The van der Waals surface area contributed by atoms with E-state index in [1.807, 2.05) is 0 Å². The molecular formula is C18H15BrN4O6S. The molecule has 1 fully saturated rings. The Kier molecular flexibility index (Phi) is 5.20. The number of carbonyl (C=O) groups is 2. The van der Waals surface area contributed by atoms with Gasteiger partial charge in [-0.05, 0) is 52.3 Å². The van der Waals surface area contributed by atoms with Crippen LogP contribution in [0, 0.1) is 0 Å². The van der Waals surface area contributed by atoms with Gasteiger partial charge in [0.15, 0.2) is 20.3 Å². The van der Waals surface area contributed by atoms with E-state index >= 15 is 0 Å². The molecule has 2 amide bonds. The van der Waals surface area contributed by atoms with E-state index in [1.165, 1.54) is 23.1 Å². The second-order valence-electron chi connectivity index (χ2n) is 6.67. The summed E-state index contributed by atoms with van der Waals surface area (Å²) in [6.07, 6.45) is 1.27. The van der Waals surface area contributed by atoms with Crippen molar-refractivity contribution in [3.63, 3.8) is 0 Å². The Bertz CT molecular complexity index is 1220. The van der Waals surface area contributed by atoms with Gasteiger partial charge in [0, 0.05) is 24.9 Å². The molecule has 1 N–H and O–H groups in total. The zero-order valence-electron chi connectivity index (χ0n) is 15.5. The lowest BCUT2D eigenvalue weighted by Gasteiger charge is -2.16. The lowest BCUT2D eigenvalue weighted by atomic mass is 10.1. The van der Waals surface area contributed by atoms with E-state index in [0.717, 1.165) is 6.26 Å². The summed E-state index contributed by atoms with van der Waals surface area (Å²) in [7, 11) is -3.32. The van der Waals surface area contributed by atoms with Crippen LogP contribution in [-0.4, -0.2) is 43.2 Å². The number of anilines is 2. The fourth-order valence-corrected chi connectivity index (χ4v) is 3.98. The SMILES string of the molecule is CS(=O)(=O)c1ccc(N2CC(c3nnc(NC(=O)c4ccc(Br)o4)o3)CC2=O)cc1. The average Bonchev–Trinajstić information content (AvgIpc) is 3.41. The number of hydrogen-bond acceptors (Lipinski definition) is 8. The first-order valence-electron chi connectivity index (χ1n) is 8.71. The summed E-state index contributed by atoms with van der Waals surface area (Å²) in [6, 6.07) is 9.03. The lowest BCUT2D eigenvalue weighted by molar-refractivity contribution is -0.117. The first-order chi connectivity index (χ1) is 14.2. The summed E-state index contributed by atoms with van der Waals surface area (Å²) in [6.45, 7) is 0.289. The Labute approximate surface area is 179 Å². The Hall–Kier alpha value is -2.99. The third-order valence-corrected chi connectivity index (χ3v) is 6.06. The van der Waals surface area contributed by atoms with Crippen molar-refractivity contribution in [2.24, 2.45) is 0 Å². The Morgan fingerprint density at radius 2 is 1.90 bits per heavy atom. The van der Waals surface area contributed by atoms with E-state index in [4.69, 9.17) is 8.83 Å². The minimum absolute atomic E-state index is 0.0707. The predicted octanol–water partition coefficient (Wildman–Crippen LogP) is 2.60. The van der Waals surface area contributed by atoms with Crippen molar-refractivity contribution in [2.45, 2.75) is 17.2 Å². The van der Waals surface area contributed by atoms with Crippen LogP contribution in [0.2, 0.25) is 0 Å². The summed E-state index contributed by atoms with van der Waals surface area (Å²) < 4.78 is 34.2. The van der Waals surface area contributed by atoms with Crippen molar-refractivity contribution in [2.75, 3.05) is 23.0 Å². The number of rotatable bonds is 5. The fraction of sp³-hybridized carbons (Fsp3) is 0.222. The van der Waals surface area contributed by atoms with Gasteiger partial charge in [0.05, 0.1) is 10.8 Å². The number of halogens is 1. The number of benzene rings is 1. The summed E-state index contributed by atoms with van der Waals surface area (Å²) in [5.74, 6) is -0.777. The summed E-state index contributed by atoms with van der Waals surface area (Å²) in [5, 5.41) is 10.2. The van der Waals surface area contributed by atoms with E-state index in [1.54, 1.807) is 18.2 Å². The number of amides is 2. The largest absolute Gasteiger partial charge is 0.444 e. The Morgan fingerprint density at radius 3 is 2.53 bits per heavy atom. The molecule has 3 heterocycles. The number of hydrogen-bond donors (Lipinski definition) is 1. The van der Waals surface area contributed by atoms with Crippen LogP contribution >= 0.6 is 15.9 Å². The maximum atomic E-state index is 12.4. The monoisotopic (exact) mass is 494 g/mol. The smallest absolute Gasteiger partial charge is 0.322 e. The highest BCUT2D eigenvalue weighted by Gasteiger charge is 2.35. The second-order valence-corrected chi connectivity index (χ2v) is 9.47. The zero-order valence-corrected chi connectivity index (χ0v) is 17.9. The molecule has 0 spiro atoms. The normalized spacial score (nSPS) is 16.8. The van der Waals surface area contributed by atoms with Gasteiger partial charge in [-0.2, -0.15) is 0 Å². The Morgan fingerprint density at radius 1 is 1.17 bits per heavy atom. The molecule has 30 heavy (non-hydrogen) atoms. The van der Waals surface area contributed by atoms with Gasteiger partial charge in [0.25, 0.3) is 5.91 Å². The molecule has 1 aromatic carbocycles. The molecule has 12 heteroatoms. The van der Waals surface area contributed by atoms with Crippen molar-refractivity contribution >= 4 is 49.3 Å².